The first kappa shape index (κ1) is 19.8. The smallest absolute Gasteiger partial charge is 0.321 e. The topological polar surface area (TPSA) is 132 Å². The van der Waals surface area contributed by atoms with Crippen LogP contribution < -0.4 is 4.72 Å². The van der Waals surface area contributed by atoms with Crippen LogP contribution in [0.4, 0.5) is 5.69 Å². The second kappa shape index (κ2) is 8.60. The van der Waals surface area contributed by atoms with Gasteiger partial charge in [0.2, 0.25) is 0 Å². The van der Waals surface area contributed by atoms with Crippen LogP contribution in [-0.2, 0) is 14.3 Å². The van der Waals surface area contributed by atoms with Crippen molar-refractivity contribution in [3.05, 3.63) is 28.4 Å². The number of carboxylic acids is 1. The molecule has 9 nitrogen and oxygen atoms in total. The van der Waals surface area contributed by atoms with Gasteiger partial charge in [-0.25, -0.2) is 9.71 Å². The Morgan fingerprint density at radius 3 is 2.71 bits per heavy atom. The van der Waals surface area contributed by atoms with E-state index in [4.69, 9.17) is 4.74 Å². The third kappa shape index (κ3) is 6.92. The predicted octanol–water partition coefficient (Wildman–Crippen LogP) is 2.16. The van der Waals surface area contributed by atoms with Crippen molar-refractivity contribution in [3.8, 4) is 0 Å². The van der Waals surface area contributed by atoms with E-state index in [2.05, 4.69) is 9.71 Å². The first-order chi connectivity index (χ1) is 11.1. The second-order valence-electron chi connectivity index (χ2n) is 5.82. The molecule has 0 saturated heterocycles. The van der Waals surface area contributed by atoms with Gasteiger partial charge >= 0.3 is 17.6 Å². The zero-order valence-electron chi connectivity index (χ0n) is 13.5. The molecule has 1 heterocycles. The van der Waals surface area contributed by atoms with Crippen molar-refractivity contribution in [1.82, 2.24) is 9.71 Å². The molecule has 1 aromatic heterocycles. The number of carbonyl (C=O) groups excluding carboxylic acids is 1. The summed E-state index contributed by atoms with van der Waals surface area (Å²) in [4.78, 5) is 37.0. The molecule has 0 aliphatic rings. The number of nitro groups is 1. The number of pyridine rings is 1. The molecule has 1 atom stereocenters. The van der Waals surface area contributed by atoms with Crippen molar-refractivity contribution >= 4 is 29.6 Å². The number of nitrogens with zero attached hydrogens (tertiary/aromatic N) is 2. The summed E-state index contributed by atoms with van der Waals surface area (Å²) in [5.41, 5.74) is -0.877. The largest absolute Gasteiger partial charge is 0.480 e. The summed E-state index contributed by atoms with van der Waals surface area (Å²) in [5.74, 6) is -1.69. The number of carboxylic acid groups (broad SMARTS) is 1. The maximum Gasteiger partial charge on any atom is 0.321 e. The molecule has 24 heavy (non-hydrogen) atoms. The van der Waals surface area contributed by atoms with E-state index < -0.39 is 28.5 Å². The van der Waals surface area contributed by atoms with E-state index >= 15 is 0 Å². The summed E-state index contributed by atoms with van der Waals surface area (Å²) >= 11 is 0.741. The number of ether oxygens (including phenoxy) is 1. The van der Waals surface area contributed by atoms with Gasteiger partial charge in [-0.2, -0.15) is 0 Å². The zero-order chi connectivity index (χ0) is 18.3. The normalized spacial score (nSPS) is 12.5. The van der Waals surface area contributed by atoms with Gasteiger partial charge in [0.1, 0.15) is 11.6 Å². The SMILES string of the molecule is CC(C)(C)OC(=O)CC[C@@H](NSc1ncccc1[N+](=O)[O-])C(=O)O. The summed E-state index contributed by atoms with van der Waals surface area (Å²) < 4.78 is 7.70. The lowest BCUT2D eigenvalue weighted by Crippen LogP contribution is -2.33. The highest BCUT2D eigenvalue weighted by Gasteiger charge is 2.23. The van der Waals surface area contributed by atoms with Gasteiger partial charge in [0, 0.05) is 18.7 Å². The van der Waals surface area contributed by atoms with Gasteiger partial charge in [-0.15, -0.1) is 0 Å². The molecule has 0 radical (unpaired) electrons. The van der Waals surface area contributed by atoms with E-state index in [1.165, 1.54) is 18.3 Å². The van der Waals surface area contributed by atoms with E-state index in [1.807, 2.05) is 0 Å². The van der Waals surface area contributed by atoms with E-state index in [-0.39, 0.29) is 23.6 Å². The van der Waals surface area contributed by atoms with Gasteiger partial charge in [0.15, 0.2) is 5.03 Å². The molecule has 0 unspecified atom stereocenters. The molecular weight excluding hydrogens is 338 g/mol. The summed E-state index contributed by atoms with van der Waals surface area (Å²) in [6, 6.07) is 1.61. The molecule has 0 aliphatic heterocycles. The lowest BCUT2D eigenvalue weighted by molar-refractivity contribution is -0.388. The fraction of sp³-hybridized carbons (Fsp3) is 0.500. The van der Waals surface area contributed by atoms with Crippen molar-refractivity contribution in [2.75, 3.05) is 0 Å². The van der Waals surface area contributed by atoms with E-state index in [0.717, 1.165) is 11.9 Å². The lowest BCUT2D eigenvalue weighted by atomic mass is 10.1. The van der Waals surface area contributed by atoms with Crippen LogP contribution in [0.2, 0.25) is 0 Å². The minimum atomic E-state index is -1.18. The molecule has 0 bridgehead atoms. The third-order valence-corrected chi connectivity index (χ3v) is 3.51. The molecule has 1 rings (SSSR count). The first-order valence-electron chi connectivity index (χ1n) is 7.06. The van der Waals surface area contributed by atoms with Crippen LogP contribution in [0.5, 0.6) is 0 Å². The van der Waals surface area contributed by atoms with Crippen LogP contribution in [-0.4, -0.2) is 38.6 Å². The molecule has 0 aromatic carbocycles. The van der Waals surface area contributed by atoms with Crippen molar-refractivity contribution in [1.29, 1.82) is 0 Å². The Labute approximate surface area is 143 Å². The zero-order valence-corrected chi connectivity index (χ0v) is 14.3. The lowest BCUT2D eigenvalue weighted by Gasteiger charge is -2.20. The maximum atomic E-state index is 11.7. The Morgan fingerprint density at radius 2 is 2.17 bits per heavy atom. The number of rotatable bonds is 8. The van der Waals surface area contributed by atoms with E-state index in [9.17, 15) is 24.8 Å². The second-order valence-corrected chi connectivity index (χ2v) is 6.65. The Morgan fingerprint density at radius 1 is 1.50 bits per heavy atom. The standard InChI is InChI=1S/C14H19N3O6S/c1-14(2,3)23-11(18)7-6-9(13(19)20)16-24-12-10(17(21)22)5-4-8-15-12/h4-5,8-9,16H,6-7H2,1-3H3,(H,19,20)/t9-/m1/s1. The van der Waals surface area contributed by atoms with Crippen LogP contribution in [0.25, 0.3) is 0 Å². The maximum absolute atomic E-state index is 11.7. The van der Waals surface area contributed by atoms with Crippen LogP contribution in [0.15, 0.2) is 23.4 Å². The molecule has 2 N–H and O–H groups in total. The fourth-order valence-electron chi connectivity index (χ4n) is 1.61. The fourth-order valence-corrected chi connectivity index (χ4v) is 2.45. The summed E-state index contributed by atoms with van der Waals surface area (Å²) in [5, 5.41) is 20.1. The molecular formula is C14H19N3O6S. The van der Waals surface area contributed by atoms with Crippen LogP contribution in [0.3, 0.4) is 0 Å². The van der Waals surface area contributed by atoms with Gasteiger partial charge in [-0.1, -0.05) is 0 Å². The van der Waals surface area contributed by atoms with Crippen LogP contribution in [0, 0.1) is 10.1 Å². The highest BCUT2D eigenvalue weighted by atomic mass is 32.2. The molecule has 0 spiro atoms. The minimum absolute atomic E-state index is 0.0160. The summed E-state index contributed by atoms with van der Waals surface area (Å²) in [7, 11) is 0. The van der Waals surface area contributed by atoms with Crippen molar-refractivity contribution in [2.24, 2.45) is 0 Å². The van der Waals surface area contributed by atoms with Crippen molar-refractivity contribution in [3.63, 3.8) is 0 Å². The van der Waals surface area contributed by atoms with Gasteiger partial charge in [-0.3, -0.25) is 19.7 Å². The third-order valence-electron chi connectivity index (χ3n) is 2.60. The molecule has 10 heteroatoms. The van der Waals surface area contributed by atoms with Crippen LogP contribution in [0.1, 0.15) is 33.6 Å². The number of aromatic nitrogens is 1. The Hall–Kier alpha value is -2.20. The number of hydrogen-bond acceptors (Lipinski definition) is 8. The van der Waals surface area contributed by atoms with Gasteiger partial charge in [0.05, 0.1) is 4.92 Å². The highest BCUT2D eigenvalue weighted by Crippen LogP contribution is 2.24. The van der Waals surface area contributed by atoms with Gasteiger partial charge in [0.25, 0.3) is 0 Å². The van der Waals surface area contributed by atoms with E-state index in [0.29, 0.717) is 0 Å². The predicted molar refractivity (Wildman–Crippen MR) is 86.4 cm³/mol. The average molecular weight is 357 g/mol. The quantitative estimate of drug-likeness (QED) is 0.311. The Balaban J connectivity index is 2.63. The van der Waals surface area contributed by atoms with Gasteiger partial charge in [-0.05, 0) is 45.2 Å². The molecule has 0 amide bonds. The van der Waals surface area contributed by atoms with E-state index in [1.54, 1.807) is 20.8 Å². The molecule has 1 aromatic rings. The summed E-state index contributed by atoms with van der Waals surface area (Å²) in [6.45, 7) is 5.15. The molecule has 132 valence electrons. The van der Waals surface area contributed by atoms with Crippen LogP contribution >= 0.6 is 11.9 Å². The minimum Gasteiger partial charge on any atom is -0.480 e. The monoisotopic (exact) mass is 357 g/mol. The highest BCUT2D eigenvalue weighted by molar-refractivity contribution is 7.97. The number of hydrogen-bond donors (Lipinski definition) is 2. The molecule has 0 fully saturated rings. The van der Waals surface area contributed by atoms with Gasteiger partial charge < -0.3 is 9.84 Å². The number of aliphatic carboxylic acids is 1. The molecule has 0 saturated carbocycles. The summed E-state index contributed by atoms with van der Waals surface area (Å²) in [6.07, 6.45) is 1.26. The number of nitrogens with one attached hydrogen (secondary N) is 1. The Kier molecular flexibility index (Phi) is 7.11. The molecule has 0 aliphatic carbocycles. The van der Waals surface area contributed by atoms with Crippen molar-refractivity contribution in [2.45, 2.75) is 50.3 Å². The average Bonchev–Trinajstić information content (AvgIpc) is 2.45. The number of carbonyl (C=O) groups is 2. The van der Waals surface area contributed by atoms with Crippen molar-refractivity contribution < 1.29 is 24.4 Å². The first-order valence-corrected chi connectivity index (χ1v) is 7.88. The Bertz CT molecular complexity index is 617. The number of esters is 1.